The first-order valence-corrected chi connectivity index (χ1v) is 6.23. The molecule has 2 aliphatic carbocycles. The summed E-state index contributed by atoms with van der Waals surface area (Å²) in [5.74, 6) is 6.15. The lowest BCUT2D eigenvalue weighted by atomic mass is 9.97. The normalized spacial score (nSPS) is 21.8. The van der Waals surface area contributed by atoms with E-state index >= 15 is 0 Å². The van der Waals surface area contributed by atoms with Crippen molar-refractivity contribution in [3.8, 4) is 11.8 Å². The summed E-state index contributed by atoms with van der Waals surface area (Å²) in [6.07, 6.45) is 9.42. The standard InChI is InChI=1S/C17H16O2/c1-12(13(2)18)14-4-6-15-8-10-17(19-3)11-9-16(15)7-5-14/h4-6,9,11-12,17H,1-3H3. The van der Waals surface area contributed by atoms with Gasteiger partial charge in [0.25, 0.3) is 0 Å². The molecule has 0 saturated carbocycles. The highest BCUT2D eigenvalue weighted by molar-refractivity contribution is 5.81. The molecular weight excluding hydrogens is 236 g/mol. The topological polar surface area (TPSA) is 26.3 Å². The van der Waals surface area contributed by atoms with Gasteiger partial charge in [0, 0.05) is 24.2 Å². The fourth-order valence-electron chi connectivity index (χ4n) is 1.83. The van der Waals surface area contributed by atoms with Crippen molar-refractivity contribution in [2.24, 2.45) is 5.92 Å². The first-order chi connectivity index (χ1) is 9.11. The summed E-state index contributed by atoms with van der Waals surface area (Å²) in [5, 5.41) is 0. The SMILES string of the molecule is COC1C#CC2=CC=C(C(C)C(C)=O)C=C=C2C=C1. The van der Waals surface area contributed by atoms with Crippen molar-refractivity contribution >= 4 is 5.78 Å². The zero-order valence-electron chi connectivity index (χ0n) is 11.4. The molecule has 2 atom stereocenters. The Kier molecular flexibility index (Phi) is 4.02. The second-order valence-corrected chi connectivity index (χ2v) is 4.57. The van der Waals surface area contributed by atoms with Crippen LogP contribution in [-0.2, 0) is 9.53 Å². The second kappa shape index (κ2) is 5.71. The molecule has 0 aromatic heterocycles. The van der Waals surface area contributed by atoms with Crippen LogP contribution in [0.25, 0.3) is 0 Å². The molecule has 0 aromatic carbocycles. The Morgan fingerprint density at radius 3 is 2.89 bits per heavy atom. The third-order valence-electron chi connectivity index (χ3n) is 3.28. The summed E-state index contributed by atoms with van der Waals surface area (Å²) in [7, 11) is 1.63. The van der Waals surface area contributed by atoms with E-state index in [1.54, 1.807) is 14.0 Å². The number of hydrogen-bond donors (Lipinski definition) is 0. The highest BCUT2D eigenvalue weighted by atomic mass is 16.5. The van der Waals surface area contributed by atoms with Gasteiger partial charge in [-0.2, -0.15) is 0 Å². The number of allylic oxidation sites excluding steroid dienone is 6. The van der Waals surface area contributed by atoms with Crippen LogP contribution in [0.4, 0.5) is 0 Å². The molecule has 2 nitrogen and oxygen atoms in total. The van der Waals surface area contributed by atoms with Crippen LogP contribution >= 0.6 is 0 Å². The van der Waals surface area contributed by atoms with Crippen molar-refractivity contribution in [1.82, 2.24) is 0 Å². The molecule has 0 aliphatic heterocycles. The van der Waals surface area contributed by atoms with Gasteiger partial charge in [0.2, 0.25) is 0 Å². The van der Waals surface area contributed by atoms with E-state index in [9.17, 15) is 4.79 Å². The lowest BCUT2D eigenvalue weighted by molar-refractivity contribution is -0.119. The van der Waals surface area contributed by atoms with Crippen molar-refractivity contribution in [3.05, 3.63) is 52.8 Å². The van der Waals surface area contributed by atoms with E-state index in [0.717, 1.165) is 16.7 Å². The average Bonchev–Trinajstić information content (AvgIpc) is 2.71. The number of fused-ring (bicyclic) bond motifs is 1. The van der Waals surface area contributed by atoms with Crippen LogP contribution in [0, 0.1) is 17.8 Å². The maximum absolute atomic E-state index is 11.4. The van der Waals surface area contributed by atoms with Crippen LogP contribution in [0.3, 0.4) is 0 Å². The van der Waals surface area contributed by atoms with Gasteiger partial charge >= 0.3 is 0 Å². The van der Waals surface area contributed by atoms with Gasteiger partial charge in [0.05, 0.1) is 0 Å². The van der Waals surface area contributed by atoms with E-state index in [0.29, 0.717) is 0 Å². The van der Waals surface area contributed by atoms with E-state index in [2.05, 4.69) is 17.6 Å². The van der Waals surface area contributed by atoms with Gasteiger partial charge in [-0.05, 0) is 36.8 Å². The van der Waals surface area contributed by atoms with E-state index in [-0.39, 0.29) is 17.8 Å². The summed E-state index contributed by atoms with van der Waals surface area (Å²) in [6, 6.07) is 0. The van der Waals surface area contributed by atoms with Crippen molar-refractivity contribution in [3.63, 3.8) is 0 Å². The molecule has 96 valence electrons. The number of carbonyl (C=O) groups is 1. The summed E-state index contributed by atoms with van der Waals surface area (Å²) < 4.78 is 5.20. The van der Waals surface area contributed by atoms with Crippen LogP contribution in [0.15, 0.2) is 52.8 Å². The Morgan fingerprint density at radius 2 is 2.21 bits per heavy atom. The average molecular weight is 252 g/mol. The van der Waals surface area contributed by atoms with E-state index in [1.165, 1.54) is 0 Å². The lowest BCUT2D eigenvalue weighted by Crippen LogP contribution is -2.07. The van der Waals surface area contributed by atoms with Crippen LogP contribution < -0.4 is 0 Å². The largest absolute Gasteiger partial charge is 0.365 e. The van der Waals surface area contributed by atoms with Crippen molar-refractivity contribution in [2.75, 3.05) is 7.11 Å². The van der Waals surface area contributed by atoms with E-state index in [4.69, 9.17) is 4.74 Å². The van der Waals surface area contributed by atoms with Gasteiger partial charge in [0.1, 0.15) is 11.9 Å². The molecule has 0 N–H and O–H groups in total. The van der Waals surface area contributed by atoms with Crippen LogP contribution in [0.5, 0.6) is 0 Å². The molecule has 2 rings (SSSR count). The smallest absolute Gasteiger partial charge is 0.137 e. The number of ketones is 1. The van der Waals surface area contributed by atoms with Crippen LogP contribution in [-0.4, -0.2) is 19.0 Å². The van der Waals surface area contributed by atoms with Gasteiger partial charge < -0.3 is 4.74 Å². The van der Waals surface area contributed by atoms with E-state index < -0.39 is 0 Å². The summed E-state index contributed by atoms with van der Waals surface area (Å²) in [4.78, 5) is 11.4. The maximum Gasteiger partial charge on any atom is 0.137 e. The third-order valence-corrected chi connectivity index (χ3v) is 3.28. The summed E-state index contributed by atoms with van der Waals surface area (Å²) in [5.41, 5.74) is 6.00. The highest BCUT2D eigenvalue weighted by Gasteiger charge is 2.13. The zero-order valence-corrected chi connectivity index (χ0v) is 11.4. The lowest BCUT2D eigenvalue weighted by Gasteiger charge is -2.06. The Hall–Kier alpha value is -2.07. The molecular formula is C17H16O2. The second-order valence-electron chi connectivity index (χ2n) is 4.57. The first kappa shape index (κ1) is 13.4. The number of Topliss-reactive ketones (excluding diaryl/α,β-unsaturated/α-hetero) is 1. The quantitative estimate of drug-likeness (QED) is 0.570. The van der Waals surface area contributed by atoms with Crippen LogP contribution in [0.1, 0.15) is 13.8 Å². The predicted molar refractivity (Wildman–Crippen MR) is 75.3 cm³/mol. The molecule has 0 saturated heterocycles. The molecule has 0 radical (unpaired) electrons. The van der Waals surface area contributed by atoms with Gasteiger partial charge in [-0.1, -0.05) is 24.8 Å². The van der Waals surface area contributed by atoms with E-state index in [1.807, 2.05) is 37.3 Å². The van der Waals surface area contributed by atoms with Gasteiger partial charge in [-0.3, -0.25) is 4.79 Å². The number of methoxy groups -OCH3 is 1. The minimum Gasteiger partial charge on any atom is -0.365 e. The van der Waals surface area contributed by atoms with Crippen molar-refractivity contribution < 1.29 is 9.53 Å². The van der Waals surface area contributed by atoms with Crippen LogP contribution in [0.2, 0.25) is 0 Å². The Morgan fingerprint density at radius 1 is 1.42 bits per heavy atom. The zero-order chi connectivity index (χ0) is 13.8. The summed E-state index contributed by atoms with van der Waals surface area (Å²) >= 11 is 0. The highest BCUT2D eigenvalue weighted by Crippen LogP contribution is 2.21. The molecule has 0 aromatic rings. The molecule has 0 spiro atoms. The monoisotopic (exact) mass is 252 g/mol. The minimum atomic E-state index is -0.179. The molecule has 2 unspecified atom stereocenters. The molecule has 2 aliphatic rings. The Balaban J connectivity index is 2.40. The number of ether oxygens (including phenoxy) is 1. The van der Waals surface area contributed by atoms with Gasteiger partial charge in [-0.15, -0.1) is 5.73 Å². The molecule has 0 bridgehead atoms. The molecule has 0 fully saturated rings. The maximum atomic E-state index is 11.4. The molecule has 0 heterocycles. The summed E-state index contributed by atoms with van der Waals surface area (Å²) in [6.45, 7) is 3.50. The number of rotatable bonds is 3. The van der Waals surface area contributed by atoms with Crippen molar-refractivity contribution in [2.45, 2.75) is 20.0 Å². The molecule has 19 heavy (non-hydrogen) atoms. The van der Waals surface area contributed by atoms with Gasteiger partial charge in [0.15, 0.2) is 0 Å². The number of carbonyl (C=O) groups excluding carboxylic acids is 1. The Labute approximate surface area is 113 Å². The minimum absolute atomic E-state index is 0.115. The molecule has 2 heteroatoms. The fraction of sp³-hybridized carbons (Fsp3) is 0.294. The Bertz CT molecular complexity index is 611. The van der Waals surface area contributed by atoms with Gasteiger partial charge in [-0.25, -0.2) is 0 Å². The predicted octanol–water partition coefficient (Wildman–Crippen LogP) is 2.75. The first-order valence-electron chi connectivity index (χ1n) is 6.23. The fourth-order valence-corrected chi connectivity index (χ4v) is 1.83. The van der Waals surface area contributed by atoms with Crippen molar-refractivity contribution in [1.29, 1.82) is 0 Å². The molecule has 0 amide bonds. The number of hydrogen-bond acceptors (Lipinski definition) is 2. The third kappa shape index (κ3) is 3.03.